The van der Waals surface area contributed by atoms with E-state index in [1.165, 1.54) is 24.5 Å². The lowest BCUT2D eigenvalue weighted by atomic mass is 9.88. The number of alkyl halides is 10. The van der Waals surface area contributed by atoms with Crippen molar-refractivity contribution in [2.45, 2.75) is 30.9 Å². The first-order valence-electron chi connectivity index (χ1n) is 7.22. The number of aryl methyl sites for hydroxylation is 1. The van der Waals surface area contributed by atoms with Gasteiger partial charge in [-0.15, -0.1) is 0 Å². The Hall–Kier alpha value is -2.20. The van der Waals surface area contributed by atoms with Crippen molar-refractivity contribution < 1.29 is 43.9 Å². The third kappa shape index (κ3) is 3.39. The molecule has 0 aliphatic carbocycles. The van der Waals surface area contributed by atoms with Crippen LogP contribution >= 0.6 is 0 Å². The van der Waals surface area contributed by atoms with E-state index in [-0.39, 0.29) is 12.1 Å². The molecule has 11 heteroatoms. The Kier molecular flexibility index (Phi) is 5.04. The number of nitrogens with zero attached hydrogens (tertiary/aromatic N) is 1. The van der Waals surface area contributed by atoms with Crippen LogP contribution < -0.4 is 0 Å². The number of benzene rings is 1. The quantitative estimate of drug-likeness (QED) is 0.537. The SMILES string of the molecule is Cc1cc(C(F)(C(F)(F)F)C(F)(F)F)cc(C(F)(F)CF)c1-n1cccc1. The van der Waals surface area contributed by atoms with Crippen LogP contribution in [0.4, 0.5) is 43.9 Å². The number of aromatic nitrogens is 1. The van der Waals surface area contributed by atoms with Gasteiger partial charge in [0.15, 0.2) is 6.67 Å². The second-order valence-electron chi connectivity index (χ2n) is 5.77. The van der Waals surface area contributed by atoms with Crippen molar-refractivity contribution in [1.82, 2.24) is 4.57 Å². The van der Waals surface area contributed by atoms with Gasteiger partial charge in [0.25, 0.3) is 0 Å². The second-order valence-corrected chi connectivity index (χ2v) is 5.77. The van der Waals surface area contributed by atoms with Crippen molar-refractivity contribution in [1.29, 1.82) is 0 Å². The number of halogens is 10. The Labute approximate surface area is 146 Å². The third-order valence-corrected chi connectivity index (χ3v) is 3.90. The Morgan fingerprint density at radius 3 is 1.70 bits per heavy atom. The minimum Gasteiger partial charge on any atom is -0.323 e. The van der Waals surface area contributed by atoms with Gasteiger partial charge in [0.2, 0.25) is 0 Å². The van der Waals surface area contributed by atoms with Crippen LogP contribution in [0.5, 0.6) is 0 Å². The average molecular weight is 407 g/mol. The minimum absolute atomic E-state index is 0.175. The monoisotopic (exact) mass is 407 g/mol. The first kappa shape index (κ1) is 21.1. The van der Waals surface area contributed by atoms with E-state index in [2.05, 4.69) is 0 Å². The predicted molar refractivity (Wildman–Crippen MR) is 75.3 cm³/mol. The van der Waals surface area contributed by atoms with E-state index >= 15 is 0 Å². The van der Waals surface area contributed by atoms with Gasteiger partial charge in [-0.2, -0.15) is 35.1 Å². The fraction of sp³-hybridized carbons (Fsp3) is 0.375. The molecule has 0 N–H and O–H groups in total. The van der Waals surface area contributed by atoms with E-state index in [1.54, 1.807) is 0 Å². The molecule has 0 aliphatic rings. The topological polar surface area (TPSA) is 4.93 Å². The number of hydrogen-bond acceptors (Lipinski definition) is 0. The lowest BCUT2D eigenvalue weighted by Crippen LogP contribution is -2.50. The van der Waals surface area contributed by atoms with Gasteiger partial charge in [-0.05, 0) is 30.7 Å². The van der Waals surface area contributed by atoms with Crippen molar-refractivity contribution >= 4 is 0 Å². The lowest BCUT2D eigenvalue weighted by molar-refractivity contribution is -0.348. The number of rotatable bonds is 4. The predicted octanol–water partition coefficient (Wildman–Crippen LogP) is 6.14. The standard InChI is InChI=1S/C16H11F10N/c1-9-6-10(14(20,15(21,22)23)16(24,25)26)7-11(13(18,19)8-17)12(9)27-4-2-3-5-27/h2-7H,8H2,1H3. The van der Waals surface area contributed by atoms with E-state index in [0.717, 1.165) is 11.5 Å². The van der Waals surface area contributed by atoms with E-state index in [1.807, 2.05) is 0 Å². The highest BCUT2D eigenvalue weighted by Crippen LogP contribution is 2.54. The fourth-order valence-electron chi connectivity index (χ4n) is 2.64. The highest BCUT2D eigenvalue weighted by molar-refractivity contribution is 5.54. The molecule has 1 heterocycles. The molecule has 1 nitrogen and oxygen atoms in total. The zero-order valence-electron chi connectivity index (χ0n) is 13.4. The van der Waals surface area contributed by atoms with Crippen LogP contribution in [0.25, 0.3) is 5.69 Å². The molecule has 0 radical (unpaired) electrons. The van der Waals surface area contributed by atoms with Crippen molar-refractivity contribution in [3.63, 3.8) is 0 Å². The molecule has 1 aromatic carbocycles. The molecule has 27 heavy (non-hydrogen) atoms. The van der Waals surface area contributed by atoms with Crippen LogP contribution in [0.15, 0.2) is 36.7 Å². The van der Waals surface area contributed by atoms with Crippen LogP contribution in [-0.2, 0) is 11.6 Å². The molecule has 2 aromatic rings. The summed E-state index contributed by atoms with van der Waals surface area (Å²) in [4.78, 5) is 0. The molecule has 0 fully saturated rings. The summed E-state index contributed by atoms with van der Waals surface area (Å²) < 4.78 is 134. The largest absolute Gasteiger partial charge is 0.435 e. The maximum atomic E-state index is 14.3. The molecule has 0 atom stereocenters. The lowest BCUT2D eigenvalue weighted by Gasteiger charge is -2.32. The summed E-state index contributed by atoms with van der Waals surface area (Å²) in [7, 11) is 0. The van der Waals surface area contributed by atoms with E-state index in [9.17, 15) is 43.9 Å². The van der Waals surface area contributed by atoms with E-state index in [0.29, 0.717) is 0 Å². The molecule has 150 valence electrons. The van der Waals surface area contributed by atoms with Gasteiger partial charge in [0.05, 0.1) is 5.69 Å². The van der Waals surface area contributed by atoms with Crippen molar-refractivity contribution in [2.24, 2.45) is 0 Å². The van der Waals surface area contributed by atoms with Crippen LogP contribution in [-0.4, -0.2) is 23.6 Å². The average Bonchev–Trinajstić information content (AvgIpc) is 3.05. The third-order valence-electron chi connectivity index (χ3n) is 3.90. The van der Waals surface area contributed by atoms with Gasteiger partial charge in [-0.1, -0.05) is 6.07 Å². The van der Waals surface area contributed by atoms with Gasteiger partial charge in [-0.25, -0.2) is 8.78 Å². The summed E-state index contributed by atoms with van der Waals surface area (Å²) in [5.74, 6) is -4.45. The van der Waals surface area contributed by atoms with Crippen LogP contribution in [0.2, 0.25) is 0 Å². The minimum atomic E-state index is -6.48. The normalized spacial score (nSPS) is 13.9. The summed E-state index contributed by atoms with van der Waals surface area (Å²) >= 11 is 0. The van der Waals surface area contributed by atoms with Crippen LogP contribution in [0.1, 0.15) is 16.7 Å². The molecule has 0 unspecified atom stereocenters. The number of hydrogen-bond donors (Lipinski definition) is 0. The molecule has 0 amide bonds. The highest BCUT2D eigenvalue weighted by atomic mass is 19.4. The molecule has 0 aliphatic heterocycles. The van der Waals surface area contributed by atoms with Crippen molar-refractivity contribution in [3.05, 3.63) is 53.3 Å². The summed E-state index contributed by atoms with van der Waals surface area (Å²) in [5, 5.41) is 0. The van der Waals surface area contributed by atoms with Gasteiger partial charge in [0.1, 0.15) is 0 Å². The molecule has 0 spiro atoms. The van der Waals surface area contributed by atoms with Crippen molar-refractivity contribution in [3.8, 4) is 5.69 Å². The van der Waals surface area contributed by atoms with Gasteiger partial charge in [-0.3, -0.25) is 0 Å². The zero-order chi connectivity index (χ0) is 20.8. The molecule has 0 bridgehead atoms. The molecule has 0 saturated heterocycles. The molecular weight excluding hydrogens is 396 g/mol. The van der Waals surface area contributed by atoms with E-state index < -0.39 is 53.0 Å². The zero-order valence-corrected chi connectivity index (χ0v) is 13.4. The maximum Gasteiger partial charge on any atom is 0.435 e. The summed E-state index contributed by atoms with van der Waals surface area (Å²) in [5.41, 5.74) is -10.6. The molecule has 1 aromatic heterocycles. The van der Waals surface area contributed by atoms with Crippen LogP contribution in [0, 0.1) is 6.92 Å². The Balaban J connectivity index is 2.89. The van der Waals surface area contributed by atoms with Crippen molar-refractivity contribution in [2.75, 3.05) is 6.67 Å². The van der Waals surface area contributed by atoms with E-state index in [4.69, 9.17) is 0 Å². The molecule has 2 rings (SSSR count). The first-order chi connectivity index (χ1) is 12.2. The second kappa shape index (κ2) is 6.45. The Morgan fingerprint density at radius 1 is 0.815 bits per heavy atom. The summed E-state index contributed by atoms with van der Waals surface area (Å²) in [6.45, 7) is -1.48. The maximum absolute atomic E-state index is 14.3. The Morgan fingerprint density at radius 2 is 1.30 bits per heavy atom. The van der Waals surface area contributed by atoms with Gasteiger partial charge in [0, 0.05) is 23.5 Å². The fourth-order valence-corrected chi connectivity index (χ4v) is 2.64. The molecule has 0 saturated carbocycles. The Bertz CT molecular complexity index is 788. The van der Waals surface area contributed by atoms with Gasteiger partial charge < -0.3 is 4.57 Å². The highest BCUT2D eigenvalue weighted by Gasteiger charge is 2.73. The summed E-state index contributed by atoms with van der Waals surface area (Å²) in [6.07, 6.45) is -10.6. The van der Waals surface area contributed by atoms with Crippen LogP contribution in [0.3, 0.4) is 0 Å². The molecular formula is C16H11F10N. The summed E-state index contributed by atoms with van der Waals surface area (Å²) in [6, 6.07) is 2.57. The first-order valence-corrected chi connectivity index (χ1v) is 7.22. The van der Waals surface area contributed by atoms with Gasteiger partial charge >= 0.3 is 23.9 Å². The smallest absolute Gasteiger partial charge is 0.323 e.